The summed E-state index contributed by atoms with van der Waals surface area (Å²) >= 11 is 6.41. The normalized spacial score (nSPS) is 16.2. The second kappa shape index (κ2) is 10.4. The maximum atomic E-state index is 13.4. The molecule has 1 aromatic heterocycles. The molecule has 0 aliphatic carbocycles. The summed E-state index contributed by atoms with van der Waals surface area (Å²) in [6.07, 6.45) is 2.66. The second-order valence-corrected chi connectivity index (χ2v) is 13.2. The smallest absolute Gasteiger partial charge is 0.261 e. The second-order valence-electron chi connectivity index (χ2n) is 11.1. The largest absolute Gasteiger partial charge is 0.381 e. The highest BCUT2D eigenvalue weighted by atomic mass is 35.5. The number of anilines is 1. The third-order valence-electron chi connectivity index (χ3n) is 7.31. The van der Waals surface area contributed by atoms with Gasteiger partial charge in [-0.25, -0.2) is 8.42 Å². The summed E-state index contributed by atoms with van der Waals surface area (Å²) in [5.74, 6) is 1.50. The van der Waals surface area contributed by atoms with E-state index in [9.17, 15) is 8.42 Å². The number of aromatic nitrogens is 3. The van der Waals surface area contributed by atoms with E-state index >= 15 is 0 Å². The molecule has 4 rings (SSSR count). The van der Waals surface area contributed by atoms with E-state index in [1.165, 1.54) is 0 Å². The van der Waals surface area contributed by atoms with Gasteiger partial charge in [-0.3, -0.25) is 4.72 Å². The highest BCUT2D eigenvalue weighted by molar-refractivity contribution is 7.92. The van der Waals surface area contributed by atoms with E-state index in [0.29, 0.717) is 35.3 Å². The Bertz CT molecular complexity index is 1350. The Morgan fingerprint density at radius 1 is 1.08 bits per heavy atom. The van der Waals surface area contributed by atoms with Crippen LogP contribution in [-0.4, -0.2) is 36.4 Å². The van der Waals surface area contributed by atoms with Crippen LogP contribution in [0, 0.1) is 0 Å². The fourth-order valence-corrected chi connectivity index (χ4v) is 6.20. The monoisotopic (exact) mass is 544 g/mol. The number of benzene rings is 2. The van der Waals surface area contributed by atoms with Gasteiger partial charge in [0.25, 0.3) is 10.0 Å². The van der Waals surface area contributed by atoms with Gasteiger partial charge in [0.2, 0.25) is 0 Å². The number of sulfonamides is 1. The first-order valence-electron chi connectivity index (χ1n) is 12.8. The van der Waals surface area contributed by atoms with Crippen LogP contribution in [0.15, 0.2) is 47.4 Å². The Morgan fingerprint density at radius 2 is 1.73 bits per heavy atom. The first-order valence-corrected chi connectivity index (χ1v) is 14.7. The molecule has 1 N–H and O–H groups in total. The molecule has 7 nitrogen and oxygen atoms in total. The highest BCUT2D eigenvalue weighted by Gasteiger charge is 2.39. The summed E-state index contributed by atoms with van der Waals surface area (Å²) < 4.78 is 37.3. The molecular formula is C28H37ClN4O3S. The van der Waals surface area contributed by atoms with Crippen molar-refractivity contribution >= 4 is 27.3 Å². The van der Waals surface area contributed by atoms with Crippen LogP contribution in [0.3, 0.4) is 0 Å². The van der Waals surface area contributed by atoms with Crippen molar-refractivity contribution in [3.05, 3.63) is 58.9 Å². The van der Waals surface area contributed by atoms with Gasteiger partial charge >= 0.3 is 0 Å². The summed E-state index contributed by atoms with van der Waals surface area (Å²) in [7, 11) is -3.85. The number of hydrogen-bond acceptors (Lipinski definition) is 5. The first kappa shape index (κ1) is 27.6. The highest BCUT2D eigenvalue weighted by Crippen LogP contribution is 2.41. The summed E-state index contributed by atoms with van der Waals surface area (Å²) in [6, 6.07) is 12.2. The molecule has 37 heavy (non-hydrogen) atoms. The Hall–Kier alpha value is -2.42. The SMILES string of the molecule is CCC1(c2nnc(-c3cc(Cl)ccc3NS(=O)(=O)c3ccc(C(C)(C)C)cc3)n2C(C)C)CCOCC1. The maximum Gasteiger partial charge on any atom is 0.261 e. The van der Waals surface area contributed by atoms with Gasteiger partial charge < -0.3 is 9.30 Å². The van der Waals surface area contributed by atoms with Crippen LogP contribution in [0.1, 0.15) is 78.2 Å². The van der Waals surface area contributed by atoms with Crippen molar-refractivity contribution in [3.63, 3.8) is 0 Å². The fraction of sp³-hybridized carbons (Fsp3) is 0.500. The number of nitrogens with zero attached hydrogens (tertiary/aromatic N) is 3. The van der Waals surface area contributed by atoms with E-state index < -0.39 is 10.0 Å². The van der Waals surface area contributed by atoms with E-state index in [2.05, 4.69) is 61.0 Å². The number of nitrogens with one attached hydrogen (secondary N) is 1. The standard InChI is InChI=1S/C28H37ClN4O3S/c1-7-28(14-16-36-17-15-28)26-31-30-25(33(26)19(2)3)23-18-21(29)10-13-24(23)32-37(34,35)22-11-8-20(9-12-22)27(4,5)6/h8-13,18-19,32H,7,14-17H2,1-6H3. The van der Waals surface area contributed by atoms with Gasteiger partial charge in [0, 0.05) is 35.3 Å². The summed E-state index contributed by atoms with van der Waals surface area (Å²) in [6.45, 7) is 14.0. The van der Waals surface area contributed by atoms with Crippen molar-refractivity contribution in [3.8, 4) is 11.4 Å². The van der Waals surface area contributed by atoms with Gasteiger partial charge in [-0.15, -0.1) is 10.2 Å². The Kier molecular flexibility index (Phi) is 7.75. The topological polar surface area (TPSA) is 86.1 Å². The van der Waals surface area contributed by atoms with Crippen LogP contribution in [0.25, 0.3) is 11.4 Å². The van der Waals surface area contributed by atoms with Crippen LogP contribution in [0.2, 0.25) is 5.02 Å². The molecule has 0 atom stereocenters. The minimum Gasteiger partial charge on any atom is -0.381 e. The van der Waals surface area contributed by atoms with E-state index in [0.717, 1.165) is 30.7 Å². The van der Waals surface area contributed by atoms with Gasteiger partial charge in [0.15, 0.2) is 5.82 Å². The molecule has 0 spiro atoms. The number of ether oxygens (including phenoxy) is 1. The predicted octanol–water partition coefficient (Wildman–Crippen LogP) is 6.74. The van der Waals surface area contributed by atoms with Crippen LogP contribution in [-0.2, 0) is 25.6 Å². The molecule has 1 fully saturated rings. The van der Waals surface area contributed by atoms with Gasteiger partial charge in [-0.1, -0.05) is 51.4 Å². The summed E-state index contributed by atoms with van der Waals surface area (Å²) in [4.78, 5) is 0.194. The maximum absolute atomic E-state index is 13.4. The average Bonchev–Trinajstić information content (AvgIpc) is 3.31. The molecule has 0 unspecified atom stereocenters. The minimum atomic E-state index is -3.85. The Balaban J connectivity index is 1.78. The van der Waals surface area contributed by atoms with Crippen LogP contribution in [0.4, 0.5) is 5.69 Å². The zero-order valence-electron chi connectivity index (χ0n) is 22.5. The van der Waals surface area contributed by atoms with Crippen LogP contribution >= 0.6 is 11.6 Å². The number of halogens is 1. The van der Waals surface area contributed by atoms with Gasteiger partial charge in [-0.05, 0) is 74.4 Å². The molecule has 200 valence electrons. The quantitative estimate of drug-likeness (QED) is 0.356. The van der Waals surface area contributed by atoms with E-state index in [1.54, 1.807) is 30.3 Å². The molecule has 0 amide bonds. The third-order valence-corrected chi connectivity index (χ3v) is 8.93. The molecule has 0 bridgehead atoms. The van der Waals surface area contributed by atoms with Gasteiger partial charge in [0.05, 0.1) is 10.6 Å². The van der Waals surface area contributed by atoms with E-state index in [-0.39, 0.29) is 21.8 Å². The zero-order chi connectivity index (χ0) is 27.0. The molecule has 2 heterocycles. The lowest BCUT2D eigenvalue weighted by Crippen LogP contribution is -2.36. The molecule has 9 heteroatoms. The lowest BCUT2D eigenvalue weighted by atomic mass is 9.77. The van der Waals surface area contributed by atoms with Crippen molar-refractivity contribution in [2.45, 2.75) is 82.6 Å². The van der Waals surface area contributed by atoms with Crippen molar-refractivity contribution in [1.82, 2.24) is 14.8 Å². The first-order chi connectivity index (χ1) is 17.4. The third kappa shape index (κ3) is 5.56. The van der Waals surface area contributed by atoms with Crippen molar-refractivity contribution < 1.29 is 13.2 Å². The molecule has 1 aliphatic heterocycles. The molecule has 0 radical (unpaired) electrons. The Labute approximate surface area is 225 Å². The number of rotatable bonds is 7. The molecule has 1 saturated heterocycles. The molecule has 3 aromatic rings. The van der Waals surface area contributed by atoms with Crippen molar-refractivity contribution in [1.29, 1.82) is 0 Å². The summed E-state index contributed by atoms with van der Waals surface area (Å²) in [5.41, 5.74) is 1.85. The molecule has 1 aliphatic rings. The lowest BCUT2D eigenvalue weighted by molar-refractivity contribution is 0.0436. The Morgan fingerprint density at radius 3 is 2.30 bits per heavy atom. The van der Waals surface area contributed by atoms with Gasteiger partial charge in [0.1, 0.15) is 5.82 Å². The van der Waals surface area contributed by atoms with Crippen molar-refractivity contribution in [2.75, 3.05) is 17.9 Å². The lowest BCUT2D eigenvalue weighted by Gasteiger charge is -2.36. The van der Waals surface area contributed by atoms with Crippen molar-refractivity contribution in [2.24, 2.45) is 0 Å². The van der Waals surface area contributed by atoms with E-state index in [1.807, 2.05) is 12.1 Å². The van der Waals surface area contributed by atoms with Gasteiger partial charge in [-0.2, -0.15) is 0 Å². The molecule has 2 aromatic carbocycles. The molecular weight excluding hydrogens is 508 g/mol. The van der Waals surface area contributed by atoms with Crippen LogP contribution in [0.5, 0.6) is 0 Å². The zero-order valence-corrected chi connectivity index (χ0v) is 24.1. The minimum absolute atomic E-state index is 0.0552. The summed E-state index contributed by atoms with van der Waals surface area (Å²) in [5, 5.41) is 9.76. The number of hydrogen-bond donors (Lipinski definition) is 1. The fourth-order valence-electron chi connectivity index (χ4n) is 4.95. The molecule has 0 saturated carbocycles. The predicted molar refractivity (Wildman–Crippen MR) is 149 cm³/mol. The average molecular weight is 545 g/mol. The van der Waals surface area contributed by atoms with E-state index in [4.69, 9.17) is 16.3 Å². The van der Waals surface area contributed by atoms with Crippen LogP contribution < -0.4 is 4.72 Å².